The van der Waals surface area contributed by atoms with Crippen LogP contribution in [-0.2, 0) is 0 Å². The Morgan fingerprint density at radius 1 is 1.29 bits per heavy atom. The highest BCUT2D eigenvalue weighted by molar-refractivity contribution is 7.16. The van der Waals surface area contributed by atoms with E-state index in [-0.39, 0.29) is 12.1 Å². The number of nitrogens with two attached hydrogens (primary N) is 2. The summed E-state index contributed by atoms with van der Waals surface area (Å²) in [5.41, 5.74) is 11.8. The molecule has 1 amide bonds. The molecule has 0 radical (unpaired) electrons. The zero-order chi connectivity index (χ0) is 15.4. The van der Waals surface area contributed by atoms with Crippen LogP contribution in [-0.4, -0.2) is 11.9 Å². The number of carbonyl (C=O) groups is 1. The van der Waals surface area contributed by atoms with E-state index in [4.69, 9.17) is 27.8 Å². The van der Waals surface area contributed by atoms with E-state index in [1.807, 2.05) is 19.1 Å². The lowest BCUT2D eigenvalue weighted by Gasteiger charge is -2.23. The molecule has 4 N–H and O–H groups in total. The molecular weight excluding hydrogens is 308 g/mol. The van der Waals surface area contributed by atoms with E-state index in [9.17, 15) is 4.79 Å². The van der Waals surface area contributed by atoms with Crippen molar-refractivity contribution in [2.45, 2.75) is 25.5 Å². The van der Waals surface area contributed by atoms with Crippen molar-refractivity contribution in [2.75, 3.05) is 0 Å². The van der Waals surface area contributed by atoms with Gasteiger partial charge in [-0.3, -0.25) is 4.79 Å². The van der Waals surface area contributed by atoms with Crippen LogP contribution in [0.4, 0.5) is 0 Å². The van der Waals surface area contributed by atoms with Gasteiger partial charge in [0.2, 0.25) is 5.91 Å². The van der Waals surface area contributed by atoms with Gasteiger partial charge in [-0.25, -0.2) is 0 Å². The summed E-state index contributed by atoms with van der Waals surface area (Å²) in [6, 6.07) is 10.3. The lowest BCUT2D eigenvalue weighted by Crippen LogP contribution is -2.30. The molecule has 0 aliphatic heterocycles. The Morgan fingerprint density at radius 3 is 2.43 bits per heavy atom. The summed E-state index contributed by atoms with van der Waals surface area (Å²) in [6.07, 6.45) is 0.506. The van der Waals surface area contributed by atoms with Crippen molar-refractivity contribution in [1.29, 1.82) is 0 Å². The van der Waals surface area contributed by atoms with Crippen LogP contribution in [0.5, 0.6) is 5.75 Å². The normalized spacial score (nSPS) is 13.7. The number of hydrogen-bond donors (Lipinski definition) is 2. The summed E-state index contributed by atoms with van der Waals surface area (Å²) in [5, 5.41) is 0. The van der Waals surface area contributed by atoms with Crippen LogP contribution in [0.1, 0.15) is 34.7 Å². The van der Waals surface area contributed by atoms with Gasteiger partial charge in [0.05, 0.1) is 4.34 Å². The van der Waals surface area contributed by atoms with Gasteiger partial charge >= 0.3 is 0 Å². The van der Waals surface area contributed by atoms with Crippen molar-refractivity contribution < 1.29 is 9.53 Å². The number of carbonyl (C=O) groups excluding carboxylic acids is 1. The largest absolute Gasteiger partial charge is 0.483 e. The van der Waals surface area contributed by atoms with E-state index in [1.54, 1.807) is 24.3 Å². The van der Waals surface area contributed by atoms with Crippen LogP contribution in [0, 0.1) is 0 Å². The molecule has 112 valence electrons. The standard InChI is InChI=1S/C15H17ClN2O2S/c1-2-11(17)14(12-7-8-13(16)21-12)20-10-5-3-9(4-6-10)15(18)19/h3-8,11,14H,2,17H2,1H3,(H2,18,19). The molecule has 0 aliphatic carbocycles. The van der Waals surface area contributed by atoms with Gasteiger partial charge in [0.25, 0.3) is 0 Å². The van der Waals surface area contributed by atoms with Crippen molar-refractivity contribution >= 4 is 28.8 Å². The highest BCUT2D eigenvalue weighted by atomic mass is 35.5. The smallest absolute Gasteiger partial charge is 0.248 e. The quantitative estimate of drug-likeness (QED) is 0.855. The minimum Gasteiger partial charge on any atom is -0.483 e. The minimum absolute atomic E-state index is 0.143. The Bertz CT molecular complexity index is 612. The third kappa shape index (κ3) is 3.97. The number of amides is 1. The number of rotatable bonds is 6. The number of primary amides is 1. The highest BCUT2D eigenvalue weighted by Gasteiger charge is 2.22. The average Bonchev–Trinajstić information content (AvgIpc) is 2.90. The van der Waals surface area contributed by atoms with Gasteiger partial charge in [-0.15, -0.1) is 11.3 Å². The van der Waals surface area contributed by atoms with E-state index >= 15 is 0 Å². The molecule has 1 heterocycles. The molecular formula is C15H17ClN2O2S. The summed E-state index contributed by atoms with van der Waals surface area (Å²) in [5.74, 6) is 0.173. The van der Waals surface area contributed by atoms with Crippen LogP contribution in [0.15, 0.2) is 36.4 Å². The first-order valence-corrected chi connectivity index (χ1v) is 7.78. The zero-order valence-corrected chi connectivity index (χ0v) is 13.2. The predicted molar refractivity (Wildman–Crippen MR) is 85.9 cm³/mol. The van der Waals surface area contributed by atoms with E-state index in [2.05, 4.69) is 0 Å². The van der Waals surface area contributed by atoms with Gasteiger partial charge in [0.15, 0.2) is 0 Å². The molecule has 0 aliphatic rings. The van der Waals surface area contributed by atoms with Gasteiger partial charge in [-0.2, -0.15) is 0 Å². The maximum atomic E-state index is 11.1. The molecule has 6 heteroatoms. The van der Waals surface area contributed by atoms with Crippen LogP contribution >= 0.6 is 22.9 Å². The number of hydrogen-bond acceptors (Lipinski definition) is 4. The van der Waals surface area contributed by atoms with Gasteiger partial charge in [0.1, 0.15) is 11.9 Å². The first-order valence-electron chi connectivity index (χ1n) is 6.58. The molecule has 0 fully saturated rings. The van der Waals surface area contributed by atoms with Crippen molar-refractivity contribution in [2.24, 2.45) is 11.5 Å². The Balaban J connectivity index is 2.20. The second-order valence-electron chi connectivity index (χ2n) is 4.64. The van der Waals surface area contributed by atoms with Crippen LogP contribution in [0.3, 0.4) is 0 Å². The SMILES string of the molecule is CCC(N)C(Oc1ccc(C(N)=O)cc1)c1ccc(Cl)s1. The molecule has 0 bridgehead atoms. The highest BCUT2D eigenvalue weighted by Crippen LogP contribution is 2.32. The average molecular weight is 325 g/mol. The van der Waals surface area contributed by atoms with Crippen molar-refractivity contribution in [3.05, 3.63) is 51.2 Å². The number of thiophene rings is 1. The number of ether oxygens (including phenoxy) is 1. The topological polar surface area (TPSA) is 78.3 Å². The lowest BCUT2D eigenvalue weighted by molar-refractivity contribution is 0.1000. The second-order valence-corrected chi connectivity index (χ2v) is 6.39. The van der Waals surface area contributed by atoms with Crippen molar-refractivity contribution in [1.82, 2.24) is 0 Å². The fourth-order valence-corrected chi connectivity index (χ4v) is 3.06. The van der Waals surface area contributed by atoms with Gasteiger partial charge < -0.3 is 16.2 Å². The monoisotopic (exact) mass is 324 g/mol. The molecule has 0 spiro atoms. The third-order valence-corrected chi connectivity index (χ3v) is 4.43. The molecule has 4 nitrogen and oxygen atoms in total. The van der Waals surface area contributed by atoms with E-state index in [0.29, 0.717) is 15.6 Å². The van der Waals surface area contributed by atoms with Crippen molar-refractivity contribution in [3.63, 3.8) is 0 Å². The van der Waals surface area contributed by atoms with Gasteiger partial charge in [0, 0.05) is 16.5 Å². The first kappa shape index (κ1) is 15.8. The first-order chi connectivity index (χ1) is 10.0. The van der Waals surface area contributed by atoms with Crippen LogP contribution in [0.2, 0.25) is 4.34 Å². The summed E-state index contributed by atoms with van der Waals surface area (Å²) in [7, 11) is 0. The third-order valence-electron chi connectivity index (χ3n) is 3.14. The maximum Gasteiger partial charge on any atom is 0.248 e. The van der Waals surface area contributed by atoms with Crippen LogP contribution < -0.4 is 16.2 Å². The molecule has 21 heavy (non-hydrogen) atoms. The fourth-order valence-electron chi connectivity index (χ4n) is 1.90. The molecule has 2 atom stereocenters. The Morgan fingerprint density at radius 2 is 1.95 bits per heavy atom. The number of halogens is 1. The minimum atomic E-state index is -0.464. The molecule has 0 saturated heterocycles. The van der Waals surface area contributed by atoms with Gasteiger partial charge in [-0.1, -0.05) is 18.5 Å². The summed E-state index contributed by atoms with van der Waals surface area (Å²) in [4.78, 5) is 12.0. The van der Waals surface area contributed by atoms with E-state index < -0.39 is 5.91 Å². The Kier molecular flexibility index (Phi) is 5.22. The van der Waals surface area contributed by atoms with Crippen LogP contribution in [0.25, 0.3) is 0 Å². The molecule has 2 aromatic rings. The summed E-state index contributed by atoms with van der Waals surface area (Å²) >= 11 is 7.43. The fraction of sp³-hybridized carbons (Fsp3) is 0.267. The second kappa shape index (κ2) is 6.93. The Labute approximate surface area is 132 Å². The van der Waals surface area contributed by atoms with E-state index in [1.165, 1.54) is 11.3 Å². The van der Waals surface area contributed by atoms with Gasteiger partial charge in [-0.05, 0) is 42.8 Å². The van der Waals surface area contributed by atoms with Crippen molar-refractivity contribution in [3.8, 4) is 5.75 Å². The summed E-state index contributed by atoms with van der Waals surface area (Å²) < 4.78 is 6.68. The predicted octanol–water partition coefficient (Wildman–Crippen LogP) is 3.36. The Hall–Kier alpha value is -1.56. The summed E-state index contributed by atoms with van der Waals surface area (Å²) in [6.45, 7) is 2.01. The molecule has 1 aromatic carbocycles. The molecule has 2 rings (SSSR count). The molecule has 1 aromatic heterocycles. The zero-order valence-electron chi connectivity index (χ0n) is 11.6. The molecule has 2 unspecified atom stereocenters. The van der Waals surface area contributed by atoms with E-state index in [0.717, 1.165) is 11.3 Å². The molecule has 0 saturated carbocycles. The lowest BCUT2D eigenvalue weighted by atomic mass is 10.1. The maximum absolute atomic E-state index is 11.1. The number of benzene rings is 1.